The molecule has 0 bridgehead atoms. The Morgan fingerprint density at radius 3 is 2.84 bits per heavy atom. The number of ether oxygens (including phenoxy) is 2. The molecule has 1 N–H and O–H groups in total. The van der Waals surface area contributed by atoms with E-state index in [1.807, 2.05) is 18.4 Å². The van der Waals surface area contributed by atoms with Crippen LogP contribution in [0.3, 0.4) is 0 Å². The summed E-state index contributed by atoms with van der Waals surface area (Å²) in [6.45, 7) is 3.97. The van der Waals surface area contributed by atoms with Crippen molar-refractivity contribution in [2.24, 2.45) is 11.8 Å². The average molecular weight is 447 g/mol. The predicted molar refractivity (Wildman–Crippen MR) is 111 cm³/mol. The topological polar surface area (TPSA) is 61.2 Å². The number of halogens is 3. The molecule has 0 unspecified atom stereocenters. The number of fused-ring (bicyclic) bond motifs is 4. The zero-order valence-corrected chi connectivity index (χ0v) is 17.7. The van der Waals surface area contributed by atoms with E-state index in [2.05, 4.69) is 15.3 Å². The van der Waals surface area contributed by atoms with E-state index < -0.39 is 17.4 Å². The molecule has 2 aliphatic carbocycles. The molecule has 6 nitrogen and oxygen atoms in total. The third-order valence-electron chi connectivity index (χ3n) is 6.55. The van der Waals surface area contributed by atoms with Crippen LogP contribution in [-0.4, -0.2) is 32.5 Å². The summed E-state index contributed by atoms with van der Waals surface area (Å²) in [6.07, 6.45) is 2.87. The molecular formula is C22H21ClF2N4O2. The maximum absolute atomic E-state index is 14.0. The van der Waals surface area contributed by atoms with Crippen molar-refractivity contribution in [2.75, 3.05) is 5.32 Å². The normalized spacial score (nSPS) is 30.4. The van der Waals surface area contributed by atoms with E-state index in [0.29, 0.717) is 33.8 Å². The summed E-state index contributed by atoms with van der Waals surface area (Å²) in [5, 5.41) is 3.43. The molecule has 5 atom stereocenters. The first kappa shape index (κ1) is 19.4. The van der Waals surface area contributed by atoms with Gasteiger partial charge in [0.05, 0.1) is 24.2 Å². The van der Waals surface area contributed by atoms with Crippen molar-refractivity contribution in [1.82, 2.24) is 14.5 Å². The molecule has 3 aliphatic rings. The molecular weight excluding hydrogens is 426 g/mol. The zero-order chi connectivity index (χ0) is 21.5. The largest absolute Gasteiger partial charge is 0.379 e. The highest BCUT2D eigenvalue weighted by Crippen LogP contribution is 2.63. The molecule has 0 amide bonds. The van der Waals surface area contributed by atoms with Gasteiger partial charge in [0, 0.05) is 18.2 Å². The minimum atomic E-state index is -0.607. The lowest BCUT2D eigenvalue weighted by atomic mass is 10.1. The summed E-state index contributed by atoms with van der Waals surface area (Å²) in [7, 11) is 0. The number of nitrogens with zero attached hydrogens (tertiary/aromatic N) is 3. The van der Waals surface area contributed by atoms with Crippen molar-refractivity contribution < 1.29 is 18.3 Å². The number of nitrogens with one attached hydrogen (secondary N) is 1. The lowest BCUT2D eigenvalue weighted by Gasteiger charge is -2.24. The minimum Gasteiger partial charge on any atom is -0.379 e. The highest BCUT2D eigenvalue weighted by Gasteiger charge is 2.66. The molecule has 0 radical (unpaired) electrons. The molecule has 2 aromatic heterocycles. The van der Waals surface area contributed by atoms with Gasteiger partial charge < -0.3 is 19.4 Å². The van der Waals surface area contributed by atoms with Crippen molar-refractivity contribution in [1.29, 1.82) is 0 Å². The quantitative estimate of drug-likeness (QED) is 0.589. The maximum atomic E-state index is 14.0. The van der Waals surface area contributed by atoms with Crippen LogP contribution in [0.4, 0.5) is 14.5 Å². The Hall–Kier alpha value is -2.29. The van der Waals surface area contributed by atoms with E-state index in [9.17, 15) is 8.78 Å². The number of rotatable bonds is 4. The number of imidazole rings is 1. The van der Waals surface area contributed by atoms with Crippen LogP contribution in [0.25, 0.3) is 11.2 Å². The Morgan fingerprint density at radius 2 is 2.00 bits per heavy atom. The highest BCUT2D eigenvalue weighted by molar-refractivity contribution is 6.30. The first-order valence-corrected chi connectivity index (χ1v) is 10.7. The van der Waals surface area contributed by atoms with E-state index in [1.165, 1.54) is 6.07 Å². The molecule has 9 heteroatoms. The summed E-state index contributed by atoms with van der Waals surface area (Å²) in [6, 6.07) is 5.10. The number of anilines is 1. The van der Waals surface area contributed by atoms with Gasteiger partial charge in [0.1, 0.15) is 28.4 Å². The molecule has 1 aliphatic heterocycles. The smallest absolute Gasteiger partial charge is 0.164 e. The first-order chi connectivity index (χ1) is 14.8. The fourth-order valence-electron chi connectivity index (χ4n) is 5.23. The van der Waals surface area contributed by atoms with Gasteiger partial charge in [-0.05, 0) is 50.3 Å². The van der Waals surface area contributed by atoms with Gasteiger partial charge in [-0.25, -0.2) is 18.7 Å². The second kappa shape index (κ2) is 6.60. The van der Waals surface area contributed by atoms with Crippen LogP contribution in [0.1, 0.15) is 31.9 Å². The molecule has 6 rings (SSSR count). The van der Waals surface area contributed by atoms with E-state index in [1.54, 1.807) is 12.4 Å². The van der Waals surface area contributed by atoms with Gasteiger partial charge in [-0.1, -0.05) is 11.6 Å². The Labute approximate surface area is 182 Å². The van der Waals surface area contributed by atoms with Crippen LogP contribution >= 0.6 is 11.6 Å². The third kappa shape index (κ3) is 3.11. The molecule has 1 saturated heterocycles. The first-order valence-electron chi connectivity index (χ1n) is 10.4. The minimum absolute atomic E-state index is 0.0604. The van der Waals surface area contributed by atoms with Crippen LogP contribution < -0.4 is 5.32 Å². The molecule has 3 heterocycles. The Balaban J connectivity index is 1.34. The fraction of sp³-hybridized carbons (Fsp3) is 0.455. The lowest BCUT2D eigenvalue weighted by molar-refractivity contribution is -0.156. The Morgan fingerprint density at radius 1 is 1.19 bits per heavy atom. The van der Waals surface area contributed by atoms with E-state index in [-0.39, 0.29) is 30.4 Å². The predicted octanol–water partition coefficient (Wildman–Crippen LogP) is 4.69. The van der Waals surface area contributed by atoms with E-state index >= 15 is 0 Å². The second-order valence-electron chi connectivity index (χ2n) is 9.02. The van der Waals surface area contributed by atoms with E-state index in [4.69, 9.17) is 21.1 Å². The number of aromatic nitrogens is 3. The van der Waals surface area contributed by atoms with Crippen LogP contribution in [-0.2, 0) is 16.0 Å². The second-order valence-corrected chi connectivity index (χ2v) is 9.41. The SMILES string of the molecule is CC1(C)O[C@@H]2[C@@H]3C[C@@H]3[C@@H](n3cnc4c(NCc5cc(F)ccc5F)cc(Cl)nc43)[C@@H]2O1. The van der Waals surface area contributed by atoms with Crippen molar-refractivity contribution in [3.63, 3.8) is 0 Å². The fourth-order valence-corrected chi connectivity index (χ4v) is 5.41. The molecule has 3 aromatic rings. The molecule has 31 heavy (non-hydrogen) atoms. The van der Waals surface area contributed by atoms with Gasteiger partial charge in [0.2, 0.25) is 0 Å². The van der Waals surface area contributed by atoms with Crippen LogP contribution in [0.5, 0.6) is 0 Å². The Kier molecular flexibility index (Phi) is 4.13. The monoisotopic (exact) mass is 446 g/mol. The summed E-state index contributed by atoms with van der Waals surface area (Å²) in [5.41, 5.74) is 2.10. The summed E-state index contributed by atoms with van der Waals surface area (Å²) in [4.78, 5) is 9.10. The van der Waals surface area contributed by atoms with Gasteiger partial charge in [-0.2, -0.15) is 0 Å². The van der Waals surface area contributed by atoms with Crippen LogP contribution in [0.15, 0.2) is 30.6 Å². The van der Waals surface area contributed by atoms with Crippen molar-refractivity contribution in [3.8, 4) is 0 Å². The maximum Gasteiger partial charge on any atom is 0.164 e. The average Bonchev–Trinajstić information content (AvgIpc) is 3.14. The van der Waals surface area contributed by atoms with Gasteiger partial charge in [0.15, 0.2) is 11.4 Å². The standard InChI is InChI=1S/C22H21ClF2N4O2/c1-22(2)30-19-13-6-12(13)18(20(19)31-22)29-9-27-17-15(7-16(23)28-21(17)29)26-8-10-5-11(24)3-4-14(10)25/h3-5,7,9,12-13,18-20H,6,8H2,1-2H3,(H,26,28)/t12-,13+,18+,19+,20-/m0/s1. The lowest BCUT2D eigenvalue weighted by Crippen LogP contribution is -2.30. The van der Waals surface area contributed by atoms with Crippen molar-refractivity contribution in [2.45, 2.75) is 50.8 Å². The number of hydrogen-bond acceptors (Lipinski definition) is 5. The molecule has 1 aromatic carbocycles. The highest BCUT2D eigenvalue weighted by atomic mass is 35.5. The van der Waals surface area contributed by atoms with Crippen molar-refractivity contribution in [3.05, 3.63) is 52.9 Å². The molecule has 3 fully saturated rings. The molecule has 162 valence electrons. The van der Waals surface area contributed by atoms with Gasteiger partial charge in [0.25, 0.3) is 0 Å². The summed E-state index contributed by atoms with van der Waals surface area (Å²) >= 11 is 6.32. The van der Waals surface area contributed by atoms with E-state index in [0.717, 1.165) is 18.6 Å². The molecule has 2 saturated carbocycles. The van der Waals surface area contributed by atoms with Gasteiger partial charge >= 0.3 is 0 Å². The van der Waals surface area contributed by atoms with Gasteiger partial charge in [-0.3, -0.25) is 0 Å². The molecule has 0 spiro atoms. The van der Waals surface area contributed by atoms with Gasteiger partial charge in [-0.15, -0.1) is 0 Å². The van der Waals surface area contributed by atoms with Crippen LogP contribution in [0, 0.1) is 23.5 Å². The summed E-state index contributed by atoms with van der Waals surface area (Å²) < 4.78 is 41.9. The number of pyridine rings is 1. The number of benzene rings is 1. The summed E-state index contributed by atoms with van der Waals surface area (Å²) in [5.74, 6) is -0.626. The Bertz CT molecular complexity index is 1200. The van der Waals surface area contributed by atoms with Crippen molar-refractivity contribution >= 4 is 28.5 Å². The third-order valence-corrected chi connectivity index (χ3v) is 6.74. The van der Waals surface area contributed by atoms with Crippen LogP contribution in [0.2, 0.25) is 5.15 Å². The number of hydrogen-bond donors (Lipinski definition) is 1. The zero-order valence-electron chi connectivity index (χ0n) is 17.0.